The highest BCUT2D eigenvalue weighted by Crippen LogP contribution is 2.15. The summed E-state index contributed by atoms with van der Waals surface area (Å²) >= 11 is 0. The fraction of sp³-hybridized carbons (Fsp3) is 0.364. The normalized spacial score (nSPS) is 18.3. The summed E-state index contributed by atoms with van der Waals surface area (Å²) in [4.78, 5) is 16.1. The van der Waals surface area contributed by atoms with E-state index in [0.29, 0.717) is 6.42 Å². The smallest absolute Gasteiger partial charge is 0.332 e. The molecule has 1 aromatic carbocycles. The van der Waals surface area contributed by atoms with Crippen LogP contribution in [0.2, 0.25) is 0 Å². The molecule has 0 amide bonds. The van der Waals surface area contributed by atoms with Crippen LogP contribution >= 0.6 is 0 Å². The molecule has 1 heterocycles. The standard InChI is InChI=1S/C11H13NO3/c13-11(7-6-10-8-14-10)15-12-9-4-2-1-3-5-9/h1-5,10,12H,6-8H2. The van der Waals surface area contributed by atoms with E-state index in [-0.39, 0.29) is 12.1 Å². The van der Waals surface area contributed by atoms with Crippen molar-refractivity contribution in [1.29, 1.82) is 0 Å². The maximum absolute atomic E-state index is 11.2. The van der Waals surface area contributed by atoms with Crippen molar-refractivity contribution in [3.05, 3.63) is 30.3 Å². The highest BCUT2D eigenvalue weighted by Gasteiger charge is 2.23. The maximum Gasteiger partial charge on any atom is 0.332 e. The van der Waals surface area contributed by atoms with Gasteiger partial charge in [0.25, 0.3) is 0 Å². The van der Waals surface area contributed by atoms with Crippen LogP contribution < -0.4 is 5.48 Å². The van der Waals surface area contributed by atoms with Gasteiger partial charge in [-0.1, -0.05) is 18.2 Å². The van der Waals surface area contributed by atoms with Gasteiger partial charge >= 0.3 is 5.97 Å². The van der Waals surface area contributed by atoms with E-state index in [9.17, 15) is 4.79 Å². The van der Waals surface area contributed by atoms with Gasteiger partial charge in [0.2, 0.25) is 0 Å². The minimum absolute atomic E-state index is 0.255. The number of carbonyl (C=O) groups is 1. The first-order valence-corrected chi connectivity index (χ1v) is 4.97. The van der Waals surface area contributed by atoms with Crippen molar-refractivity contribution in [3.63, 3.8) is 0 Å². The van der Waals surface area contributed by atoms with Crippen molar-refractivity contribution in [2.45, 2.75) is 18.9 Å². The van der Waals surface area contributed by atoms with Crippen molar-refractivity contribution < 1.29 is 14.4 Å². The van der Waals surface area contributed by atoms with Gasteiger partial charge in [0.1, 0.15) is 0 Å². The third-order valence-electron chi connectivity index (χ3n) is 2.13. The second-order valence-corrected chi connectivity index (χ2v) is 3.44. The topological polar surface area (TPSA) is 50.9 Å². The van der Waals surface area contributed by atoms with Gasteiger partial charge in [0.05, 0.1) is 24.8 Å². The summed E-state index contributed by atoms with van der Waals surface area (Å²) in [5.74, 6) is -0.255. The monoisotopic (exact) mass is 207 g/mol. The van der Waals surface area contributed by atoms with Gasteiger partial charge in [-0.2, -0.15) is 0 Å². The van der Waals surface area contributed by atoms with E-state index < -0.39 is 0 Å². The van der Waals surface area contributed by atoms with Crippen molar-refractivity contribution in [3.8, 4) is 0 Å². The number of anilines is 1. The molecule has 0 aliphatic carbocycles. The van der Waals surface area contributed by atoms with E-state index in [1.54, 1.807) is 0 Å². The van der Waals surface area contributed by atoms with Crippen molar-refractivity contribution in [2.24, 2.45) is 0 Å². The number of para-hydroxylation sites is 1. The summed E-state index contributed by atoms with van der Waals surface area (Å²) in [6, 6.07) is 9.30. The van der Waals surface area contributed by atoms with Crippen LogP contribution in [0.3, 0.4) is 0 Å². The second-order valence-electron chi connectivity index (χ2n) is 3.44. The molecule has 1 atom stereocenters. The van der Waals surface area contributed by atoms with Crippen molar-refractivity contribution >= 4 is 11.7 Å². The minimum atomic E-state index is -0.255. The molecule has 1 saturated heterocycles. The Morgan fingerprint density at radius 3 is 2.87 bits per heavy atom. The van der Waals surface area contributed by atoms with E-state index in [0.717, 1.165) is 18.7 Å². The number of nitrogens with one attached hydrogen (secondary N) is 1. The van der Waals surface area contributed by atoms with Crippen LogP contribution in [0.1, 0.15) is 12.8 Å². The number of ether oxygens (including phenoxy) is 1. The second kappa shape index (κ2) is 4.79. The Morgan fingerprint density at radius 2 is 2.20 bits per heavy atom. The molecule has 0 radical (unpaired) electrons. The zero-order chi connectivity index (χ0) is 10.5. The summed E-state index contributed by atoms with van der Waals surface area (Å²) < 4.78 is 4.99. The number of hydrogen-bond donors (Lipinski definition) is 1. The Labute approximate surface area is 88.1 Å². The Morgan fingerprint density at radius 1 is 1.47 bits per heavy atom. The lowest BCUT2D eigenvalue weighted by Gasteiger charge is -2.05. The predicted molar refractivity (Wildman–Crippen MR) is 55.1 cm³/mol. The molecule has 1 aliphatic heterocycles. The summed E-state index contributed by atoms with van der Waals surface area (Å²) in [7, 11) is 0. The average molecular weight is 207 g/mol. The number of benzene rings is 1. The van der Waals surface area contributed by atoms with Gasteiger partial charge in [-0.3, -0.25) is 0 Å². The fourth-order valence-electron chi connectivity index (χ4n) is 1.19. The molecule has 0 spiro atoms. The molecule has 1 aliphatic rings. The number of carbonyl (C=O) groups excluding carboxylic acids is 1. The first-order valence-electron chi connectivity index (χ1n) is 4.97. The lowest BCUT2D eigenvalue weighted by atomic mass is 10.2. The Kier molecular flexibility index (Phi) is 3.19. The van der Waals surface area contributed by atoms with E-state index in [1.165, 1.54) is 0 Å². The number of epoxide rings is 1. The van der Waals surface area contributed by atoms with E-state index >= 15 is 0 Å². The van der Waals surface area contributed by atoms with Crippen LogP contribution in [0, 0.1) is 0 Å². The Hall–Kier alpha value is -1.55. The molecule has 0 bridgehead atoms. The molecule has 1 fully saturated rings. The van der Waals surface area contributed by atoms with Crippen molar-refractivity contribution in [1.82, 2.24) is 0 Å². The molecule has 2 rings (SSSR count). The quantitative estimate of drug-likeness (QED) is 0.590. The molecule has 1 aromatic rings. The first kappa shape index (κ1) is 9.98. The molecular weight excluding hydrogens is 194 g/mol. The minimum Gasteiger partial charge on any atom is -0.373 e. The molecule has 0 aromatic heterocycles. The summed E-state index contributed by atoms with van der Waals surface area (Å²) in [6.07, 6.45) is 1.41. The van der Waals surface area contributed by atoms with Gasteiger partial charge in [0.15, 0.2) is 0 Å². The van der Waals surface area contributed by atoms with E-state index in [2.05, 4.69) is 5.48 Å². The third kappa shape index (κ3) is 3.59. The third-order valence-corrected chi connectivity index (χ3v) is 2.13. The van der Waals surface area contributed by atoms with Crippen LogP contribution in [-0.2, 0) is 14.4 Å². The summed E-state index contributed by atoms with van der Waals surface area (Å²) in [6.45, 7) is 0.777. The maximum atomic E-state index is 11.2. The molecular formula is C11H13NO3. The van der Waals surface area contributed by atoms with Gasteiger partial charge in [-0.05, 0) is 18.6 Å². The highest BCUT2D eigenvalue weighted by molar-refractivity contribution is 5.70. The van der Waals surface area contributed by atoms with Crippen LogP contribution in [0.4, 0.5) is 5.69 Å². The lowest BCUT2D eigenvalue weighted by Crippen LogP contribution is -2.10. The predicted octanol–water partition coefficient (Wildman–Crippen LogP) is 1.74. The largest absolute Gasteiger partial charge is 0.373 e. The molecule has 1 unspecified atom stereocenters. The molecule has 15 heavy (non-hydrogen) atoms. The van der Waals surface area contributed by atoms with Crippen LogP contribution in [0.25, 0.3) is 0 Å². The van der Waals surface area contributed by atoms with Gasteiger partial charge in [-0.25, -0.2) is 10.3 Å². The SMILES string of the molecule is O=C(CCC1CO1)ONc1ccccc1. The highest BCUT2D eigenvalue weighted by atomic mass is 16.7. The summed E-state index contributed by atoms with van der Waals surface area (Å²) in [5, 5.41) is 0. The number of hydrogen-bond acceptors (Lipinski definition) is 4. The fourth-order valence-corrected chi connectivity index (χ4v) is 1.19. The molecule has 80 valence electrons. The van der Waals surface area contributed by atoms with Crippen molar-refractivity contribution in [2.75, 3.05) is 12.1 Å². The first-order chi connectivity index (χ1) is 7.34. The molecule has 0 saturated carbocycles. The Balaban J connectivity index is 1.66. The Bertz CT molecular complexity index is 322. The number of rotatable bonds is 5. The van der Waals surface area contributed by atoms with Crippen LogP contribution in [-0.4, -0.2) is 18.7 Å². The molecule has 1 N–H and O–H groups in total. The zero-order valence-corrected chi connectivity index (χ0v) is 8.31. The van der Waals surface area contributed by atoms with Crippen LogP contribution in [0.5, 0.6) is 0 Å². The van der Waals surface area contributed by atoms with Gasteiger partial charge < -0.3 is 9.57 Å². The summed E-state index contributed by atoms with van der Waals surface area (Å²) in [5.41, 5.74) is 3.37. The van der Waals surface area contributed by atoms with Gasteiger partial charge in [-0.15, -0.1) is 0 Å². The lowest BCUT2D eigenvalue weighted by molar-refractivity contribution is -0.140. The molecule has 4 heteroatoms. The average Bonchev–Trinajstić information content (AvgIpc) is 3.09. The van der Waals surface area contributed by atoms with Gasteiger partial charge in [0, 0.05) is 0 Å². The van der Waals surface area contributed by atoms with E-state index in [1.807, 2.05) is 30.3 Å². The van der Waals surface area contributed by atoms with Crippen LogP contribution in [0.15, 0.2) is 30.3 Å². The van der Waals surface area contributed by atoms with E-state index in [4.69, 9.17) is 9.57 Å². The zero-order valence-electron chi connectivity index (χ0n) is 8.31. The molecule has 4 nitrogen and oxygen atoms in total.